The topological polar surface area (TPSA) is 59.0 Å². The Hall–Kier alpha value is -1.53. The summed E-state index contributed by atoms with van der Waals surface area (Å²) < 4.78 is 5.51. The standard InChI is InChI=1S/C15H22N2O/c1-9-7-10(2)12(13(18-6)11(9)3)14(17)15(4,5)8-16/h7,14H,17H2,1-6H3. The molecule has 18 heavy (non-hydrogen) atoms. The van der Waals surface area contributed by atoms with Crippen molar-refractivity contribution in [1.29, 1.82) is 5.26 Å². The largest absolute Gasteiger partial charge is 0.496 e. The molecule has 3 heteroatoms. The summed E-state index contributed by atoms with van der Waals surface area (Å²) in [6, 6.07) is 4.01. The highest BCUT2D eigenvalue weighted by Gasteiger charge is 2.31. The zero-order chi connectivity index (χ0) is 14.1. The first-order valence-corrected chi connectivity index (χ1v) is 6.07. The first-order chi connectivity index (χ1) is 8.26. The second-order valence-corrected chi connectivity index (χ2v) is 5.39. The van der Waals surface area contributed by atoms with Crippen LogP contribution >= 0.6 is 0 Å². The van der Waals surface area contributed by atoms with E-state index in [4.69, 9.17) is 10.5 Å². The van der Waals surface area contributed by atoms with E-state index in [0.29, 0.717) is 0 Å². The van der Waals surface area contributed by atoms with E-state index in [1.54, 1.807) is 7.11 Å². The summed E-state index contributed by atoms with van der Waals surface area (Å²) in [6.07, 6.45) is 0. The lowest BCUT2D eigenvalue weighted by atomic mass is 9.79. The average Bonchev–Trinajstić information content (AvgIpc) is 2.32. The number of rotatable bonds is 3. The van der Waals surface area contributed by atoms with E-state index in [0.717, 1.165) is 22.4 Å². The van der Waals surface area contributed by atoms with Gasteiger partial charge in [-0.05, 0) is 51.3 Å². The molecule has 0 aliphatic rings. The number of hydrogen-bond donors (Lipinski definition) is 1. The predicted octanol–water partition coefficient (Wildman–Crippen LogP) is 3.17. The third-order valence-electron chi connectivity index (χ3n) is 3.62. The fourth-order valence-corrected chi connectivity index (χ4v) is 2.15. The third kappa shape index (κ3) is 2.34. The fraction of sp³-hybridized carbons (Fsp3) is 0.533. The molecular weight excluding hydrogens is 224 g/mol. The van der Waals surface area contributed by atoms with E-state index in [-0.39, 0.29) is 6.04 Å². The number of nitrogens with two attached hydrogens (primary N) is 1. The van der Waals surface area contributed by atoms with Gasteiger partial charge in [-0.2, -0.15) is 5.26 Å². The zero-order valence-corrected chi connectivity index (χ0v) is 12.1. The van der Waals surface area contributed by atoms with Crippen LogP contribution in [-0.4, -0.2) is 7.11 Å². The van der Waals surface area contributed by atoms with Gasteiger partial charge in [0.15, 0.2) is 0 Å². The number of aryl methyl sites for hydroxylation is 2. The Kier molecular flexibility index (Phi) is 4.03. The van der Waals surface area contributed by atoms with E-state index in [2.05, 4.69) is 19.1 Å². The van der Waals surface area contributed by atoms with Gasteiger partial charge in [0.25, 0.3) is 0 Å². The molecule has 2 N–H and O–H groups in total. The highest BCUT2D eigenvalue weighted by atomic mass is 16.5. The van der Waals surface area contributed by atoms with Crippen LogP contribution < -0.4 is 10.5 Å². The summed E-state index contributed by atoms with van der Waals surface area (Å²) in [5.74, 6) is 0.809. The van der Waals surface area contributed by atoms with E-state index in [1.807, 2.05) is 27.7 Å². The highest BCUT2D eigenvalue weighted by molar-refractivity contribution is 5.52. The number of nitriles is 1. The molecule has 0 aliphatic carbocycles. The summed E-state index contributed by atoms with van der Waals surface area (Å²) in [5.41, 5.74) is 9.93. The third-order valence-corrected chi connectivity index (χ3v) is 3.62. The highest BCUT2D eigenvalue weighted by Crippen LogP contribution is 2.40. The van der Waals surface area contributed by atoms with E-state index in [1.165, 1.54) is 5.56 Å². The van der Waals surface area contributed by atoms with Gasteiger partial charge in [-0.15, -0.1) is 0 Å². The lowest BCUT2D eigenvalue weighted by Gasteiger charge is -2.28. The van der Waals surface area contributed by atoms with Crippen molar-refractivity contribution in [3.8, 4) is 11.8 Å². The minimum Gasteiger partial charge on any atom is -0.496 e. The second-order valence-electron chi connectivity index (χ2n) is 5.39. The molecule has 0 amide bonds. The van der Waals surface area contributed by atoms with Crippen molar-refractivity contribution >= 4 is 0 Å². The maximum Gasteiger partial charge on any atom is 0.127 e. The molecule has 1 unspecified atom stereocenters. The van der Waals surface area contributed by atoms with Crippen LogP contribution in [0.25, 0.3) is 0 Å². The zero-order valence-electron chi connectivity index (χ0n) is 12.1. The molecule has 0 saturated carbocycles. The Morgan fingerprint density at radius 1 is 1.28 bits per heavy atom. The van der Waals surface area contributed by atoms with Crippen LogP contribution in [0, 0.1) is 37.5 Å². The Balaban J connectivity index is 3.51. The van der Waals surface area contributed by atoms with Gasteiger partial charge < -0.3 is 10.5 Å². The Labute approximate surface area is 110 Å². The molecule has 0 saturated heterocycles. The molecular formula is C15H22N2O. The van der Waals surface area contributed by atoms with E-state index in [9.17, 15) is 5.26 Å². The fourth-order valence-electron chi connectivity index (χ4n) is 2.15. The van der Waals surface area contributed by atoms with Crippen molar-refractivity contribution in [2.75, 3.05) is 7.11 Å². The van der Waals surface area contributed by atoms with Crippen LogP contribution in [0.1, 0.15) is 42.1 Å². The Bertz CT molecular complexity index is 498. The molecule has 0 fully saturated rings. The first kappa shape index (κ1) is 14.5. The van der Waals surface area contributed by atoms with Crippen LogP contribution in [0.5, 0.6) is 5.75 Å². The van der Waals surface area contributed by atoms with Gasteiger partial charge in [0.2, 0.25) is 0 Å². The minimum absolute atomic E-state index is 0.364. The summed E-state index contributed by atoms with van der Waals surface area (Å²) in [7, 11) is 1.65. The molecule has 3 nitrogen and oxygen atoms in total. The van der Waals surface area contributed by atoms with E-state index < -0.39 is 5.41 Å². The lowest BCUT2D eigenvalue weighted by molar-refractivity contribution is 0.359. The van der Waals surface area contributed by atoms with Crippen molar-refractivity contribution in [2.24, 2.45) is 11.1 Å². The van der Waals surface area contributed by atoms with Gasteiger partial charge in [-0.1, -0.05) is 6.07 Å². The number of hydrogen-bond acceptors (Lipinski definition) is 3. The van der Waals surface area contributed by atoms with Gasteiger partial charge in [-0.3, -0.25) is 0 Å². The number of methoxy groups -OCH3 is 1. The molecule has 0 bridgehead atoms. The monoisotopic (exact) mass is 246 g/mol. The maximum atomic E-state index is 9.23. The maximum absolute atomic E-state index is 9.23. The van der Waals surface area contributed by atoms with E-state index >= 15 is 0 Å². The average molecular weight is 246 g/mol. The van der Waals surface area contributed by atoms with Crippen LogP contribution in [0.3, 0.4) is 0 Å². The lowest BCUT2D eigenvalue weighted by Crippen LogP contribution is -2.29. The summed E-state index contributed by atoms with van der Waals surface area (Å²) >= 11 is 0. The van der Waals surface area contributed by atoms with Gasteiger partial charge in [0, 0.05) is 5.56 Å². The molecule has 0 radical (unpaired) electrons. The molecule has 1 rings (SSSR count). The number of ether oxygens (including phenoxy) is 1. The SMILES string of the molecule is COc1c(C)c(C)cc(C)c1C(N)C(C)(C)C#N. The Morgan fingerprint density at radius 2 is 1.83 bits per heavy atom. The molecule has 98 valence electrons. The number of benzene rings is 1. The van der Waals surface area contributed by atoms with Gasteiger partial charge in [0.1, 0.15) is 5.75 Å². The van der Waals surface area contributed by atoms with Crippen molar-refractivity contribution in [3.05, 3.63) is 28.3 Å². The van der Waals surface area contributed by atoms with Crippen LogP contribution in [-0.2, 0) is 0 Å². The minimum atomic E-state index is -0.625. The molecule has 0 heterocycles. The number of nitrogens with zero attached hydrogens (tertiary/aromatic N) is 1. The van der Waals surface area contributed by atoms with Crippen molar-refractivity contribution in [3.63, 3.8) is 0 Å². The van der Waals surface area contributed by atoms with Crippen molar-refractivity contribution < 1.29 is 4.74 Å². The van der Waals surface area contributed by atoms with Crippen LogP contribution in [0.2, 0.25) is 0 Å². The first-order valence-electron chi connectivity index (χ1n) is 6.07. The quantitative estimate of drug-likeness (QED) is 0.891. The summed E-state index contributed by atoms with van der Waals surface area (Å²) in [5, 5.41) is 9.23. The smallest absolute Gasteiger partial charge is 0.127 e. The predicted molar refractivity (Wildman–Crippen MR) is 73.5 cm³/mol. The second kappa shape index (κ2) is 4.99. The van der Waals surface area contributed by atoms with Gasteiger partial charge in [-0.25, -0.2) is 0 Å². The Morgan fingerprint density at radius 3 is 2.28 bits per heavy atom. The molecule has 0 spiro atoms. The molecule has 1 aromatic rings. The summed E-state index contributed by atoms with van der Waals surface area (Å²) in [4.78, 5) is 0. The normalized spacial score (nSPS) is 13.0. The molecule has 1 atom stereocenters. The molecule has 1 aromatic carbocycles. The van der Waals surface area contributed by atoms with Crippen molar-refractivity contribution in [1.82, 2.24) is 0 Å². The molecule has 0 aromatic heterocycles. The van der Waals surface area contributed by atoms with Crippen molar-refractivity contribution in [2.45, 2.75) is 40.7 Å². The molecule has 0 aliphatic heterocycles. The van der Waals surface area contributed by atoms with Crippen LogP contribution in [0.15, 0.2) is 6.07 Å². The summed E-state index contributed by atoms with van der Waals surface area (Å²) in [6.45, 7) is 9.79. The van der Waals surface area contributed by atoms with Gasteiger partial charge >= 0.3 is 0 Å². The van der Waals surface area contributed by atoms with Gasteiger partial charge in [0.05, 0.1) is 24.6 Å². The van der Waals surface area contributed by atoms with Crippen LogP contribution in [0.4, 0.5) is 0 Å².